The van der Waals surface area contributed by atoms with E-state index in [1.165, 1.54) is 30.0 Å². The van der Waals surface area contributed by atoms with Crippen molar-refractivity contribution in [2.45, 2.75) is 45.6 Å². The molecule has 58 heavy (non-hydrogen) atoms. The highest BCUT2D eigenvalue weighted by Crippen LogP contribution is 2.30. The minimum atomic E-state index is -5.17. The van der Waals surface area contributed by atoms with E-state index in [0.717, 1.165) is 33.4 Å². The van der Waals surface area contributed by atoms with E-state index in [1.54, 1.807) is 49.0 Å². The molecular formula is C33H34N12O11S2. The number of thiazole rings is 1. The quantitative estimate of drug-likeness (QED) is 0.0555. The number of oxime groups is 1. The third kappa shape index (κ3) is 8.48. The van der Waals surface area contributed by atoms with Gasteiger partial charge in [-0.05, 0) is 32.4 Å². The highest BCUT2D eigenvalue weighted by Gasteiger charge is 2.44. The van der Waals surface area contributed by atoms with E-state index < -0.39 is 63.6 Å². The lowest BCUT2D eigenvalue weighted by molar-refractivity contribution is -0.161. The maximum absolute atomic E-state index is 13.8. The summed E-state index contributed by atoms with van der Waals surface area (Å²) in [5.41, 5.74) is 3.65. The first-order valence-electron chi connectivity index (χ1n) is 16.8. The summed E-state index contributed by atoms with van der Waals surface area (Å²) in [7, 11) is -3.50. The van der Waals surface area contributed by atoms with Gasteiger partial charge in [-0.2, -0.15) is 13.5 Å². The number of β-lactam (4-membered cyclic amide) rings is 1. The number of benzene rings is 1. The summed E-state index contributed by atoms with van der Waals surface area (Å²) in [5.74, 6) is -4.23. The van der Waals surface area contributed by atoms with Crippen molar-refractivity contribution in [2.75, 3.05) is 12.3 Å². The number of anilines is 1. The lowest BCUT2D eigenvalue weighted by atomic mass is 10.1. The maximum Gasteiger partial charge on any atom is 0.362 e. The van der Waals surface area contributed by atoms with E-state index >= 15 is 0 Å². The Labute approximate surface area is 331 Å². The topological polar surface area (TPSA) is 310 Å². The highest BCUT2D eigenvalue weighted by molar-refractivity contribution is 7.88. The molecule has 0 aliphatic carbocycles. The second-order valence-electron chi connectivity index (χ2n) is 13.1. The number of nitrogens with one attached hydrogen (secondary N) is 2. The van der Waals surface area contributed by atoms with Crippen LogP contribution in [0.15, 0.2) is 64.0 Å². The largest absolute Gasteiger partial charge is 0.503 e. The summed E-state index contributed by atoms with van der Waals surface area (Å²) in [6.45, 7) is 3.32. The Morgan fingerprint density at radius 2 is 1.86 bits per heavy atom. The molecule has 5 aromatic rings. The van der Waals surface area contributed by atoms with E-state index in [4.69, 9.17) is 15.3 Å². The van der Waals surface area contributed by atoms with Crippen molar-refractivity contribution in [3.05, 3.63) is 87.2 Å². The van der Waals surface area contributed by atoms with Gasteiger partial charge in [0.1, 0.15) is 24.0 Å². The first kappa shape index (κ1) is 40.5. The molecule has 304 valence electrons. The SMILES string of the molecule is Cc1cc(Cn2c(-c3cc(OCc4ccccc4)c(O)cn3)nn(S(=O)(=O)NC(=O)N3C[C@H](NC(=O)C(=NOC(C)(C)C(=O)O)c4csc(N)n4)C3=O)c2=O)nn1C. The van der Waals surface area contributed by atoms with Gasteiger partial charge in [0.05, 0.1) is 25.0 Å². The number of hydrogen-bond acceptors (Lipinski definition) is 17. The standard InChI is InChI=1S/C33H34N12O11S2/c1-17-10-19(38-42(17)4)13-43-26(20-11-24(23(46)12-35-20)55-15-18-8-6-5-7-9-18)39-45(32(43)52)58(53,54)41-31(51)44-14-21(28(44)48)36-27(47)25(22-16-57-30(34)37-22)40-56-33(2,3)29(49)50/h5-12,16,21,46H,13-15H2,1-4H3,(H2,34,37)(H,36,47)(H,41,51)(H,49,50)/t21-/m0/s1. The number of aromatic hydroxyl groups is 1. The Hall–Kier alpha value is -7.15. The van der Waals surface area contributed by atoms with Gasteiger partial charge < -0.3 is 30.8 Å². The second kappa shape index (κ2) is 15.8. The van der Waals surface area contributed by atoms with Gasteiger partial charge in [-0.15, -0.1) is 16.4 Å². The second-order valence-corrected chi connectivity index (χ2v) is 15.4. The van der Waals surface area contributed by atoms with Crippen molar-refractivity contribution < 1.29 is 47.4 Å². The zero-order valence-corrected chi connectivity index (χ0v) is 32.5. The summed E-state index contributed by atoms with van der Waals surface area (Å²) < 4.78 is 37.0. The molecule has 1 fully saturated rings. The van der Waals surface area contributed by atoms with Crippen molar-refractivity contribution in [3.63, 3.8) is 0 Å². The fraction of sp³-hybridized carbons (Fsp3) is 0.273. The van der Waals surface area contributed by atoms with Crippen LogP contribution >= 0.6 is 11.3 Å². The Bertz CT molecular complexity index is 2610. The molecule has 6 rings (SSSR count). The molecule has 4 amide bonds. The van der Waals surface area contributed by atoms with Crippen molar-refractivity contribution in [1.29, 1.82) is 0 Å². The number of imide groups is 1. The summed E-state index contributed by atoms with van der Waals surface area (Å²) >= 11 is 0.937. The van der Waals surface area contributed by atoms with Crippen LogP contribution in [0.2, 0.25) is 0 Å². The maximum atomic E-state index is 13.8. The molecule has 1 aliphatic rings. The Kier molecular flexibility index (Phi) is 11.0. The molecular weight excluding hydrogens is 805 g/mol. The summed E-state index contributed by atoms with van der Waals surface area (Å²) in [6, 6.07) is 9.06. The number of aryl methyl sites for hydroxylation is 2. The van der Waals surface area contributed by atoms with Gasteiger partial charge in [0.2, 0.25) is 5.60 Å². The number of carboxylic acid groups (broad SMARTS) is 1. The molecule has 0 bridgehead atoms. The number of nitrogen functional groups attached to an aromatic ring is 1. The number of likely N-dealkylation sites (tertiary alicyclic amines) is 1. The molecule has 23 nitrogen and oxygen atoms in total. The van der Waals surface area contributed by atoms with Crippen LogP contribution in [0, 0.1) is 6.92 Å². The third-order valence-electron chi connectivity index (χ3n) is 8.42. The number of amides is 4. The number of carbonyl (C=O) groups excluding carboxylic acids is 3. The average Bonchev–Trinajstić information content (AvgIpc) is 3.85. The first-order valence-corrected chi connectivity index (χ1v) is 19.1. The van der Waals surface area contributed by atoms with Crippen LogP contribution < -0.4 is 26.2 Å². The van der Waals surface area contributed by atoms with Crippen LogP contribution in [-0.4, -0.2) is 105 Å². The molecule has 0 saturated carbocycles. The van der Waals surface area contributed by atoms with E-state index in [2.05, 4.69) is 30.6 Å². The fourth-order valence-corrected chi connectivity index (χ4v) is 6.55. The molecule has 6 N–H and O–H groups in total. The van der Waals surface area contributed by atoms with Crippen LogP contribution in [0.5, 0.6) is 11.5 Å². The number of nitrogens with zero attached hydrogens (tertiary/aromatic N) is 9. The van der Waals surface area contributed by atoms with Gasteiger partial charge in [0.15, 0.2) is 28.2 Å². The number of pyridine rings is 1. The van der Waals surface area contributed by atoms with E-state index in [9.17, 15) is 42.6 Å². The predicted molar refractivity (Wildman–Crippen MR) is 202 cm³/mol. The Morgan fingerprint density at radius 1 is 1.14 bits per heavy atom. The number of aliphatic carboxylic acids is 1. The van der Waals surface area contributed by atoms with E-state index in [0.29, 0.717) is 10.6 Å². The molecule has 1 aliphatic heterocycles. The number of carboxylic acids is 1. The molecule has 0 unspecified atom stereocenters. The lowest BCUT2D eigenvalue weighted by Crippen LogP contribution is -2.68. The zero-order chi connectivity index (χ0) is 42.1. The normalized spacial score (nSPS) is 14.5. The number of urea groups is 1. The zero-order valence-electron chi connectivity index (χ0n) is 30.9. The number of rotatable bonds is 14. The molecule has 1 saturated heterocycles. The number of aromatic nitrogens is 7. The molecule has 4 aromatic heterocycles. The van der Waals surface area contributed by atoms with Crippen molar-refractivity contribution in [2.24, 2.45) is 12.2 Å². The molecule has 1 aromatic carbocycles. The Morgan fingerprint density at radius 3 is 2.48 bits per heavy atom. The van der Waals surface area contributed by atoms with Gasteiger partial charge in [0.25, 0.3) is 11.8 Å². The minimum absolute atomic E-state index is 0.000495. The van der Waals surface area contributed by atoms with Gasteiger partial charge in [-0.3, -0.25) is 23.7 Å². The highest BCUT2D eigenvalue weighted by atomic mass is 32.2. The van der Waals surface area contributed by atoms with Crippen LogP contribution in [0.3, 0.4) is 0 Å². The lowest BCUT2D eigenvalue weighted by Gasteiger charge is -2.36. The van der Waals surface area contributed by atoms with Crippen LogP contribution in [-0.2, 0) is 49.6 Å². The predicted octanol–water partition coefficient (Wildman–Crippen LogP) is -0.0661. The molecule has 1 atom stereocenters. The number of carbonyl (C=O) groups is 4. The van der Waals surface area contributed by atoms with Crippen molar-refractivity contribution in [3.8, 4) is 23.0 Å². The van der Waals surface area contributed by atoms with Gasteiger partial charge in [0, 0.05) is 24.2 Å². The molecule has 0 radical (unpaired) electrons. The summed E-state index contributed by atoms with van der Waals surface area (Å²) in [4.78, 5) is 78.1. The number of hydrogen-bond donors (Lipinski definition) is 5. The smallest absolute Gasteiger partial charge is 0.362 e. The first-order chi connectivity index (χ1) is 27.3. The van der Waals surface area contributed by atoms with Crippen LogP contribution in [0.25, 0.3) is 11.5 Å². The number of nitrogens with two attached hydrogens (primary N) is 1. The monoisotopic (exact) mass is 838 g/mol. The summed E-state index contributed by atoms with van der Waals surface area (Å²) in [6.07, 6.45) is 1.03. The number of ether oxygens (including phenoxy) is 1. The molecule has 0 spiro atoms. The van der Waals surface area contributed by atoms with Crippen LogP contribution in [0.4, 0.5) is 9.93 Å². The average molecular weight is 839 g/mol. The van der Waals surface area contributed by atoms with Crippen molar-refractivity contribution in [1.82, 2.24) is 48.4 Å². The molecule has 5 heterocycles. The van der Waals surface area contributed by atoms with Gasteiger partial charge in [-0.1, -0.05) is 39.6 Å². The van der Waals surface area contributed by atoms with Gasteiger partial charge >= 0.3 is 27.9 Å². The minimum Gasteiger partial charge on any atom is -0.503 e. The third-order valence-corrected chi connectivity index (χ3v) is 10.2. The summed E-state index contributed by atoms with van der Waals surface area (Å²) in [5, 5.41) is 35.4. The van der Waals surface area contributed by atoms with Crippen molar-refractivity contribution >= 4 is 56.2 Å². The van der Waals surface area contributed by atoms with Crippen LogP contribution in [0.1, 0.15) is 36.5 Å². The van der Waals surface area contributed by atoms with E-state index in [1.807, 2.05) is 6.07 Å². The Balaban J connectivity index is 1.22. The fourth-order valence-electron chi connectivity index (χ4n) is 5.09. The van der Waals surface area contributed by atoms with E-state index in [-0.39, 0.29) is 51.1 Å². The van der Waals surface area contributed by atoms with Gasteiger partial charge in [-0.25, -0.2) is 29.1 Å². The molecule has 25 heteroatoms.